The summed E-state index contributed by atoms with van der Waals surface area (Å²) in [5.41, 5.74) is 0.951. The number of amides is 1. The summed E-state index contributed by atoms with van der Waals surface area (Å²) in [5.74, 6) is 2.83. The summed E-state index contributed by atoms with van der Waals surface area (Å²) in [5, 5.41) is 9.36. The Bertz CT molecular complexity index is 709. The van der Waals surface area contributed by atoms with Crippen molar-refractivity contribution >= 4 is 17.7 Å². The Labute approximate surface area is 146 Å². The van der Waals surface area contributed by atoms with Gasteiger partial charge in [0.25, 0.3) is 0 Å². The Hall–Kier alpha value is -1.76. The van der Waals surface area contributed by atoms with E-state index in [9.17, 15) is 4.79 Å². The first kappa shape index (κ1) is 17.1. The third kappa shape index (κ3) is 3.50. The standard InChI is InChI=1S/C17H24N4O2S/c1-4-21-16(14-7-9-23-13(14)3)18-19-17(21)24-11-15(22)20-8-5-6-12(2)10-20/h7,9,12H,4-6,8,10-11H2,1-3H3/t12-/m1/s1. The van der Waals surface area contributed by atoms with Gasteiger partial charge < -0.3 is 13.9 Å². The van der Waals surface area contributed by atoms with Gasteiger partial charge in [-0.15, -0.1) is 10.2 Å². The van der Waals surface area contributed by atoms with Crippen LogP contribution in [0.2, 0.25) is 0 Å². The topological polar surface area (TPSA) is 64.2 Å². The first-order chi connectivity index (χ1) is 11.6. The number of likely N-dealkylation sites (tertiary alicyclic amines) is 1. The molecule has 0 bridgehead atoms. The molecule has 2 aromatic rings. The SMILES string of the molecule is CCn1c(SCC(=O)N2CCC[C@@H](C)C2)nnc1-c1ccoc1C. The molecule has 0 N–H and O–H groups in total. The van der Waals surface area contributed by atoms with Crippen molar-refractivity contribution in [2.45, 2.75) is 45.3 Å². The fraction of sp³-hybridized carbons (Fsp3) is 0.588. The average molecular weight is 348 g/mol. The molecule has 3 rings (SSSR count). The summed E-state index contributed by atoms with van der Waals surface area (Å²) in [7, 11) is 0. The number of carbonyl (C=O) groups excluding carboxylic acids is 1. The molecule has 0 spiro atoms. The second kappa shape index (κ2) is 7.42. The number of aromatic nitrogens is 3. The zero-order valence-electron chi connectivity index (χ0n) is 14.5. The van der Waals surface area contributed by atoms with E-state index in [-0.39, 0.29) is 5.91 Å². The summed E-state index contributed by atoms with van der Waals surface area (Å²) in [6.07, 6.45) is 3.98. The molecule has 3 heterocycles. The van der Waals surface area contributed by atoms with Crippen LogP contribution in [0, 0.1) is 12.8 Å². The Kier molecular flexibility index (Phi) is 5.28. The van der Waals surface area contributed by atoms with Crippen LogP contribution in [0.15, 0.2) is 21.9 Å². The van der Waals surface area contributed by atoms with E-state index in [2.05, 4.69) is 24.0 Å². The van der Waals surface area contributed by atoms with Crippen LogP contribution in [0.1, 0.15) is 32.4 Å². The summed E-state index contributed by atoms with van der Waals surface area (Å²) >= 11 is 1.47. The Balaban J connectivity index is 1.68. The van der Waals surface area contributed by atoms with Gasteiger partial charge in [-0.05, 0) is 38.7 Å². The lowest BCUT2D eigenvalue weighted by Gasteiger charge is -2.30. The molecule has 1 fully saturated rings. The predicted molar refractivity (Wildman–Crippen MR) is 93.8 cm³/mol. The maximum atomic E-state index is 12.4. The summed E-state index contributed by atoms with van der Waals surface area (Å²) in [4.78, 5) is 14.4. The highest BCUT2D eigenvalue weighted by atomic mass is 32.2. The molecule has 0 aromatic carbocycles. The minimum absolute atomic E-state index is 0.193. The lowest BCUT2D eigenvalue weighted by molar-refractivity contribution is -0.130. The number of hydrogen-bond donors (Lipinski definition) is 0. The van der Waals surface area contributed by atoms with Crippen LogP contribution in [0.4, 0.5) is 0 Å². The second-order valence-corrected chi connectivity index (χ2v) is 7.26. The number of nitrogens with zero attached hydrogens (tertiary/aromatic N) is 4. The molecule has 0 saturated carbocycles. The summed E-state index contributed by atoms with van der Waals surface area (Å²) in [6.45, 7) is 8.69. The van der Waals surface area contributed by atoms with Crippen molar-refractivity contribution in [2.24, 2.45) is 5.92 Å². The molecule has 0 aliphatic carbocycles. The lowest BCUT2D eigenvalue weighted by Crippen LogP contribution is -2.40. The van der Waals surface area contributed by atoms with Crippen molar-refractivity contribution < 1.29 is 9.21 Å². The van der Waals surface area contributed by atoms with E-state index >= 15 is 0 Å². The van der Waals surface area contributed by atoms with E-state index in [1.807, 2.05) is 22.5 Å². The third-order valence-electron chi connectivity index (χ3n) is 4.47. The second-order valence-electron chi connectivity index (χ2n) is 6.32. The Morgan fingerprint density at radius 2 is 2.29 bits per heavy atom. The van der Waals surface area contributed by atoms with E-state index in [1.54, 1.807) is 6.26 Å². The minimum Gasteiger partial charge on any atom is -0.469 e. The molecule has 1 atom stereocenters. The van der Waals surface area contributed by atoms with E-state index in [0.717, 1.165) is 48.4 Å². The molecule has 130 valence electrons. The van der Waals surface area contributed by atoms with Gasteiger partial charge in [-0.2, -0.15) is 0 Å². The fourth-order valence-electron chi connectivity index (χ4n) is 3.13. The quantitative estimate of drug-likeness (QED) is 0.776. The van der Waals surface area contributed by atoms with Crippen LogP contribution in [0.5, 0.6) is 0 Å². The lowest BCUT2D eigenvalue weighted by atomic mass is 10.0. The molecule has 0 radical (unpaired) electrons. The number of furan rings is 1. The van der Waals surface area contributed by atoms with Crippen LogP contribution >= 0.6 is 11.8 Å². The van der Waals surface area contributed by atoms with Gasteiger partial charge in [0.1, 0.15) is 5.76 Å². The van der Waals surface area contributed by atoms with E-state index in [4.69, 9.17) is 4.42 Å². The predicted octanol–water partition coefficient (Wildman–Crippen LogP) is 3.22. The monoisotopic (exact) mass is 348 g/mol. The highest BCUT2D eigenvalue weighted by Crippen LogP contribution is 2.27. The molecule has 1 amide bonds. The Morgan fingerprint density at radius 3 is 2.96 bits per heavy atom. The van der Waals surface area contributed by atoms with Gasteiger partial charge in [-0.1, -0.05) is 18.7 Å². The Morgan fingerprint density at radius 1 is 1.46 bits per heavy atom. The smallest absolute Gasteiger partial charge is 0.233 e. The van der Waals surface area contributed by atoms with E-state index in [1.165, 1.54) is 18.2 Å². The zero-order chi connectivity index (χ0) is 17.1. The number of aryl methyl sites for hydroxylation is 1. The third-order valence-corrected chi connectivity index (χ3v) is 5.42. The highest BCUT2D eigenvalue weighted by molar-refractivity contribution is 7.99. The number of piperidine rings is 1. The van der Waals surface area contributed by atoms with E-state index < -0.39 is 0 Å². The minimum atomic E-state index is 0.193. The van der Waals surface area contributed by atoms with Gasteiger partial charge in [0, 0.05) is 19.6 Å². The van der Waals surface area contributed by atoms with Gasteiger partial charge in [0.05, 0.1) is 17.6 Å². The first-order valence-electron chi connectivity index (χ1n) is 8.48. The van der Waals surface area contributed by atoms with Crippen molar-refractivity contribution in [1.82, 2.24) is 19.7 Å². The fourth-order valence-corrected chi connectivity index (χ4v) is 4.04. The van der Waals surface area contributed by atoms with Crippen molar-refractivity contribution in [1.29, 1.82) is 0 Å². The number of carbonyl (C=O) groups is 1. The average Bonchev–Trinajstić information content (AvgIpc) is 3.17. The van der Waals surface area contributed by atoms with E-state index in [0.29, 0.717) is 11.7 Å². The molecule has 1 aliphatic rings. The number of rotatable bonds is 5. The molecular formula is C17H24N4O2S. The van der Waals surface area contributed by atoms with Crippen LogP contribution in [-0.4, -0.2) is 44.4 Å². The van der Waals surface area contributed by atoms with Crippen molar-refractivity contribution in [3.05, 3.63) is 18.1 Å². The van der Waals surface area contributed by atoms with Gasteiger partial charge in [-0.3, -0.25) is 4.79 Å². The highest BCUT2D eigenvalue weighted by Gasteiger charge is 2.22. The van der Waals surface area contributed by atoms with Crippen molar-refractivity contribution in [3.63, 3.8) is 0 Å². The maximum absolute atomic E-state index is 12.4. The maximum Gasteiger partial charge on any atom is 0.233 e. The van der Waals surface area contributed by atoms with Crippen molar-refractivity contribution in [2.75, 3.05) is 18.8 Å². The molecule has 1 saturated heterocycles. The molecule has 24 heavy (non-hydrogen) atoms. The van der Waals surface area contributed by atoms with Crippen LogP contribution < -0.4 is 0 Å². The van der Waals surface area contributed by atoms with Gasteiger partial charge >= 0.3 is 0 Å². The van der Waals surface area contributed by atoms with Crippen LogP contribution in [-0.2, 0) is 11.3 Å². The summed E-state index contributed by atoms with van der Waals surface area (Å²) in [6, 6.07) is 1.90. The molecule has 7 heteroatoms. The van der Waals surface area contributed by atoms with Gasteiger partial charge in [0.15, 0.2) is 11.0 Å². The molecule has 6 nitrogen and oxygen atoms in total. The molecular weight excluding hydrogens is 324 g/mol. The number of thioether (sulfide) groups is 1. The zero-order valence-corrected chi connectivity index (χ0v) is 15.3. The number of hydrogen-bond acceptors (Lipinski definition) is 5. The molecule has 1 aliphatic heterocycles. The van der Waals surface area contributed by atoms with Crippen LogP contribution in [0.3, 0.4) is 0 Å². The first-order valence-corrected chi connectivity index (χ1v) is 9.47. The molecule has 2 aromatic heterocycles. The largest absolute Gasteiger partial charge is 0.469 e. The summed E-state index contributed by atoms with van der Waals surface area (Å²) < 4.78 is 7.40. The molecule has 0 unspecified atom stereocenters. The normalized spacial score (nSPS) is 18.1. The van der Waals surface area contributed by atoms with Crippen LogP contribution in [0.25, 0.3) is 11.4 Å². The van der Waals surface area contributed by atoms with Gasteiger partial charge in [-0.25, -0.2) is 0 Å². The van der Waals surface area contributed by atoms with Gasteiger partial charge in [0.2, 0.25) is 5.91 Å². The van der Waals surface area contributed by atoms with Crippen molar-refractivity contribution in [3.8, 4) is 11.4 Å².